The van der Waals surface area contributed by atoms with Gasteiger partial charge in [0.2, 0.25) is 5.91 Å². The van der Waals surface area contributed by atoms with Crippen molar-refractivity contribution in [3.8, 4) is 0 Å². The molecule has 0 aliphatic carbocycles. The molecule has 2 amide bonds. The molecule has 15 heteroatoms. The third kappa shape index (κ3) is 13.0. The topological polar surface area (TPSA) is 205 Å². The number of rotatable bonds is 19. The molecular weight excluding hydrogens is 593 g/mol. The van der Waals surface area contributed by atoms with Crippen LogP contribution in [0.25, 0.3) is 0 Å². The Hall–Kier alpha value is -3.46. The zero-order valence-electron chi connectivity index (χ0n) is 22.8. The SMILES string of the molecule is N=C(N)Nc1cccc(C(=O)NCC(=O)NC(CC(=O)O)c2cc(Cl)cc(Cl)c2CCOCCOCCOCCO)c1. The first-order chi connectivity index (χ1) is 20.1. The summed E-state index contributed by atoms with van der Waals surface area (Å²) >= 11 is 12.7. The van der Waals surface area contributed by atoms with Crippen LogP contribution in [0.5, 0.6) is 0 Å². The van der Waals surface area contributed by atoms with Crippen LogP contribution >= 0.6 is 23.2 Å². The van der Waals surface area contributed by atoms with Gasteiger partial charge in [0.1, 0.15) is 0 Å². The van der Waals surface area contributed by atoms with Crippen molar-refractivity contribution >= 4 is 52.6 Å². The molecule has 2 rings (SSSR count). The number of carboxylic acid groups (broad SMARTS) is 1. The molecule has 13 nitrogen and oxygen atoms in total. The molecule has 8 N–H and O–H groups in total. The molecule has 0 aromatic heterocycles. The van der Waals surface area contributed by atoms with Gasteiger partial charge in [-0.25, -0.2) is 0 Å². The average Bonchev–Trinajstić information content (AvgIpc) is 2.92. The second kappa shape index (κ2) is 18.9. The molecule has 1 atom stereocenters. The summed E-state index contributed by atoms with van der Waals surface area (Å²) < 4.78 is 16.1. The van der Waals surface area contributed by atoms with Crippen molar-refractivity contribution in [1.82, 2.24) is 10.6 Å². The number of anilines is 1. The Morgan fingerprint density at radius 3 is 2.29 bits per heavy atom. The van der Waals surface area contributed by atoms with Crippen LogP contribution in [0.15, 0.2) is 36.4 Å². The smallest absolute Gasteiger partial charge is 0.305 e. The van der Waals surface area contributed by atoms with Crippen molar-refractivity contribution < 1.29 is 38.8 Å². The molecule has 0 aliphatic rings. The molecule has 230 valence electrons. The Balaban J connectivity index is 2.00. The van der Waals surface area contributed by atoms with Crippen molar-refractivity contribution in [2.24, 2.45) is 5.73 Å². The summed E-state index contributed by atoms with van der Waals surface area (Å²) in [4.78, 5) is 37.0. The van der Waals surface area contributed by atoms with Gasteiger partial charge in [-0.3, -0.25) is 19.8 Å². The standard InChI is InChI=1S/C27H35Cl2N5O8/c28-18-13-21(20(22(29)14-18)4-6-40-8-10-42-11-9-41-7-5-35)23(15-25(37)38)34-24(36)16-32-26(39)17-2-1-3-19(12-17)33-27(30)31/h1-3,12-14,23,35H,4-11,15-16H2,(H,32,39)(H,34,36)(H,37,38)(H4,30,31,33). The highest BCUT2D eigenvalue weighted by Crippen LogP contribution is 2.31. The minimum Gasteiger partial charge on any atom is -0.481 e. The summed E-state index contributed by atoms with van der Waals surface area (Å²) in [6, 6.07) is 8.25. The zero-order chi connectivity index (χ0) is 30.9. The molecule has 0 fully saturated rings. The van der Waals surface area contributed by atoms with Crippen LogP contribution in [-0.4, -0.2) is 86.7 Å². The Morgan fingerprint density at radius 1 is 0.976 bits per heavy atom. The van der Waals surface area contributed by atoms with Crippen LogP contribution < -0.4 is 21.7 Å². The number of hydrogen-bond acceptors (Lipinski definition) is 8. The lowest BCUT2D eigenvalue weighted by atomic mass is 9.95. The highest BCUT2D eigenvalue weighted by atomic mass is 35.5. The van der Waals surface area contributed by atoms with Gasteiger partial charge in [0, 0.05) is 21.3 Å². The molecule has 0 radical (unpaired) electrons. The maximum atomic E-state index is 12.8. The lowest BCUT2D eigenvalue weighted by molar-refractivity contribution is -0.137. The molecule has 0 spiro atoms. The lowest BCUT2D eigenvalue weighted by Gasteiger charge is -2.22. The number of amides is 2. The van der Waals surface area contributed by atoms with Crippen LogP contribution in [0.4, 0.5) is 5.69 Å². The molecule has 2 aromatic carbocycles. The van der Waals surface area contributed by atoms with E-state index < -0.39 is 36.8 Å². The van der Waals surface area contributed by atoms with Gasteiger partial charge < -0.3 is 46.1 Å². The predicted molar refractivity (Wildman–Crippen MR) is 157 cm³/mol. The first-order valence-electron chi connectivity index (χ1n) is 12.9. The van der Waals surface area contributed by atoms with Gasteiger partial charge in [-0.05, 0) is 47.9 Å². The number of nitrogens with two attached hydrogens (primary N) is 1. The van der Waals surface area contributed by atoms with E-state index in [4.69, 9.17) is 53.7 Å². The summed E-state index contributed by atoms with van der Waals surface area (Å²) in [7, 11) is 0. The Labute approximate surface area is 253 Å². The number of aliphatic hydroxyl groups excluding tert-OH is 1. The number of aliphatic carboxylic acids is 1. The largest absolute Gasteiger partial charge is 0.481 e. The van der Waals surface area contributed by atoms with Gasteiger partial charge in [0.15, 0.2) is 5.96 Å². The number of carboxylic acids is 1. The highest BCUT2D eigenvalue weighted by Gasteiger charge is 2.23. The Morgan fingerprint density at radius 2 is 1.64 bits per heavy atom. The van der Waals surface area contributed by atoms with Gasteiger partial charge in [-0.15, -0.1) is 0 Å². The molecule has 0 aliphatic heterocycles. The maximum absolute atomic E-state index is 12.8. The van der Waals surface area contributed by atoms with Crippen LogP contribution in [0.2, 0.25) is 10.0 Å². The highest BCUT2D eigenvalue weighted by molar-refractivity contribution is 6.35. The molecule has 0 bridgehead atoms. The van der Waals surface area contributed by atoms with E-state index in [9.17, 15) is 19.5 Å². The van der Waals surface area contributed by atoms with E-state index in [2.05, 4.69) is 16.0 Å². The molecular formula is C27H35Cl2N5O8. The van der Waals surface area contributed by atoms with Crippen molar-refractivity contribution in [1.29, 1.82) is 5.41 Å². The van der Waals surface area contributed by atoms with E-state index in [0.717, 1.165) is 0 Å². The summed E-state index contributed by atoms with van der Waals surface area (Å²) in [6.45, 7) is 1.33. The van der Waals surface area contributed by atoms with Crippen LogP contribution in [0.1, 0.15) is 33.9 Å². The van der Waals surface area contributed by atoms with Gasteiger partial charge in [-0.1, -0.05) is 29.3 Å². The van der Waals surface area contributed by atoms with Crippen molar-refractivity contribution in [3.05, 3.63) is 63.1 Å². The van der Waals surface area contributed by atoms with Gasteiger partial charge in [-0.2, -0.15) is 0 Å². The van der Waals surface area contributed by atoms with Gasteiger partial charge in [0.05, 0.1) is 65.3 Å². The number of guanidine groups is 1. The normalized spacial score (nSPS) is 11.5. The second-order valence-corrected chi connectivity index (χ2v) is 9.63. The summed E-state index contributed by atoms with van der Waals surface area (Å²) in [5.74, 6) is -2.66. The van der Waals surface area contributed by atoms with E-state index >= 15 is 0 Å². The summed E-state index contributed by atoms with van der Waals surface area (Å²) in [5, 5.41) is 33.8. The summed E-state index contributed by atoms with van der Waals surface area (Å²) in [5.41, 5.74) is 6.94. The second-order valence-electron chi connectivity index (χ2n) is 8.79. The molecule has 0 saturated carbocycles. The fourth-order valence-corrected chi connectivity index (χ4v) is 4.40. The van der Waals surface area contributed by atoms with Crippen molar-refractivity contribution in [2.75, 3.05) is 58.1 Å². The number of benzene rings is 2. The Kier molecular flexibility index (Phi) is 15.6. The molecule has 0 heterocycles. The fraction of sp³-hybridized carbons (Fsp3) is 0.407. The first-order valence-corrected chi connectivity index (χ1v) is 13.7. The molecule has 1 unspecified atom stereocenters. The number of carbonyl (C=O) groups is 3. The van der Waals surface area contributed by atoms with Crippen molar-refractivity contribution in [2.45, 2.75) is 18.9 Å². The first kappa shape index (κ1) is 34.7. The fourth-order valence-electron chi connectivity index (χ4n) is 3.79. The number of halogens is 2. The average molecular weight is 629 g/mol. The quantitative estimate of drug-likeness (QED) is 0.0684. The maximum Gasteiger partial charge on any atom is 0.305 e. The number of nitrogens with one attached hydrogen (secondary N) is 4. The minimum absolute atomic E-state index is 0.0526. The summed E-state index contributed by atoms with van der Waals surface area (Å²) in [6.07, 6.45) is -0.159. The van der Waals surface area contributed by atoms with Crippen LogP contribution in [0.3, 0.4) is 0 Å². The monoisotopic (exact) mass is 627 g/mol. The third-order valence-corrected chi connectivity index (χ3v) is 6.13. The van der Waals surface area contributed by atoms with Gasteiger partial charge >= 0.3 is 5.97 Å². The molecule has 42 heavy (non-hydrogen) atoms. The number of hydrogen-bond donors (Lipinski definition) is 7. The van der Waals surface area contributed by atoms with E-state index in [1.54, 1.807) is 12.1 Å². The van der Waals surface area contributed by atoms with E-state index in [1.165, 1.54) is 24.3 Å². The predicted octanol–water partition coefficient (Wildman–Crippen LogP) is 1.95. The van der Waals surface area contributed by atoms with E-state index in [1.807, 2.05) is 0 Å². The Bertz CT molecular complexity index is 1220. The van der Waals surface area contributed by atoms with Crippen LogP contribution in [0, 0.1) is 5.41 Å². The van der Waals surface area contributed by atoms with E-state index in [-0.39, 0.29) is 41.4 Å². The number of aliphatic hydroxyl groups is 1. The van der Waals surface area contributed by atoms with Crippen molar-refractivity contribution in [3.63, 3.8) is 0 Å². The minimum atomic E-state index is -1.17. The van der Waals surface area contributed by atoms with Crippen LogP contribution in [-0.2, 0) is 30.2 Å². The number of carbonyl (C=O) groups excluding carboxylic acids is 2. The van der Waals surface area contributed by atoms with Gasteiger partial charge in [0.25, 0.3) is 5.91 Å². The van der Waals surface area contributed by atoms with E-state index in [0.29, 0.717) is 49.7 Å². The molecule has 0 saturated heterocycles. The number of ether oxygens (including phenoxy) is 3. The third-order valence-electron chi connectivity index (χ3n) is 5.57. The molecule has 2 aromatic rings. The lowest BCUT2D eigenvalue weighted by Crippen LogP contribution is -2.39. The zero-order valence-corrected chi connectivity index (χ0v) is 24.3.